The van der Waals surface area contributed by atoms with E-state index >= 15 is 0 Å². The van der Waals surface area contributed by atoms with Crippen LogP contribution in [0.25, 0.3) is 0 Å². The number of pyridine rings is 1. The first-order valence-corrected chi connectivity index (χ1v) is 5.07. The van der Waals surface area contributed by atoms with Crippen LogP contribution in [0.5, 0.6) is 5.88 Å². The van der Waals surface area contributed by atoms with Gasteiger partial charge in [0.2, 0.25) is 5.88 Å². The van der Waals surface area contributed by atoms with Crippen molar-refractivity contribution in [2.24, 2.45) is 5.73 Å². The first-order chi connectivity index (χ1) is 7.13. The van der Waals surface area contributed by atoms with Gasteiger partial charge in [-0.15, -0.1) is 0 Å². The van der Waals surface area contributed by atoms with Crippen molar-refractivity contribution in [3.63, 3.8) is 0 Å². The van der Waals surface area contributed by atoms with Crippen LogP contribution in [0, 0.1) is 6.92 Å². The third-order valence-electron chi connectivity index (χ3n) is 2.18. The number of ether oxygens (including phenoxy) is 1. The molecule has 1 rings (SSSR count). The van der Waals surface area contributed by atoms with Crippen LogP contribution in [0.4, 0.5) is 0 Å². The highest BCUT2D eigenvalue weighted by atomic mass is 16.5. The van der Waals surface area contributed by atoms with E-state index < -0.39 is 0 Å². The smallest absolute Gasteiger partial charge is 0.213 e. The molecule has 1 aromatic heterocycles. The van der Waals surface area contributed by atoms with Crippen molar-refractivity contribution in [3.8, 4) is 5.88 Å². The van der Waals surface area contributed by atoms with E-state index in [1.165, 1.54) is 0 Å². The molecule has 0 amide bonds. The molecule has 0 aliphatic rings. The summed E-state index contributed by atoms with van der Waals surface area (Å²) in [6.45, 7) is 4.01. The van der Waals surface area contributed by atoms with Crippen molar-refractivity contribution in [1.82, 2.24) is 9.88 Å². The van der Waals surface area contributed by atoms with Gasteiger partial charge in [-0.3, -0.25) is 0 Å². The molecule has 0 aliphatic carbocycles. The van der Waals surface area contributed by atoms with E-state index in [2.05, 4.69) is 9.88 Å². The molecule has 4 nitrogen and oxygen atoms in total. The monoisotopic (exact) mass is 209 g/mol. The Labute approximate surface area is 91.1 Å². The first-order valence-electron chi connectivity index (χ1n) is 5.07. The molecule has 1 heterocycles. The Morgan fingerprint density at radius 2 is 2.13 bits per heavy atom. The highest BCUT2D eigenvalue weighted by molar-refractivity contribution is 5.24. The molecule has 84 valence electrons. The molecule has 0 fully saturated rings. The number of likely N-dealkylation sites (N-methyl/N-ethyl adjacent to an activating group) is 1. The van der Waals surface area contributed by atoms with Crippen molar-refractivity contribution in [2.45, 2.75) is 13.5 Å². The molecule has 0 radical (unpaired) electrons. The summed E-state index contributed by atoms with van der Waals surface area (Å²) >= 11 is 0. The van der Waals surface area contributed by atoms with Gasteiger partial charge in [-0.25, -0.2) is 4.98 Å². The largest absolute Gasteiger partial charge is 0.476 e. The third-order valence-corrected chi connectivity index (χ3v) is 2.18. The second-order valence-corrected chi connectivity index (χ2v) is 3.75. The number of hydrogen-bond acceptors (Lipinski definition) is 4. The average Bonchev–Trinajstić information content (AvgIpc) is 2.17. The number of aromatic nitrogens is 1. The molecule has 0 spiro atoms. The Bertz CT molecular complexity index is 313. The summed E-state index contributed by atoms with van der Waals surface area (Å²) < 4.78 is 5.50. The summed E-state index contributed by atoms with van der Waals surface area (Å²) in [5, 5.41) is 0. The Balaban J connectivity index is 2.52. The molecule has 1 aromatic rings. The van der Waals surface area contributed by atoms with Crippen LogP contribution in [0.3, 0.4) is 0 Å². The second kappa shape index (κ2) is 5.68. The molecular weight excluding hydrogens is 190 g/mol. The summed E-state index contributed by atoms with van der Waals surface area (Å²) in [5.41, 5.74) is 7.56. The number of hydrogen-bond donors (Lipinski definition) is 1. The minimum Gasteiger partial charge on any atom is -0.476 e. The number of nitrogens with two attached hydrogens (primary N) is 1. The SMILES string of the molecule is Cc1nc(OCCN(C)C)ccc1CN. The lowest BCUT2D eigenvalue weighted by Gasteiger charge is -2.11. The van der Waals surface area contributed by atoms with Crippen LogP contribution < -0.4 is 10.5 Å². The zero-order valence-corrected chi connectivity index (χ0v) is 9.66. The zero-order valence-electron chi connectivity index (χ0n) is 9.66. The van der Waals surface area contributed by atoms with Gasteiger partial charge in [0, 0.05) is 24.8 Å². The Kier molecular flexibility index (Phi) is 4.52. The van der Waals surface area contributed by atoms with Crippen LogP contribution in [0.15, 0.2) is 12.1 Å². The molecule has 2 N–H and O–H groups in total. The fourth-order valence-corrected chi connectivity index (χ4v) is 1.20. The Morgan fingerprint density at radius 3 is 2.67 bits per heavy atom. The maximum absolute atomic E-state index is 5.55. The standard InChI is InChI=1S/C11H19N3O/c1-9-10(8-12)4-5-11(13-9)15-7-6-14(2)3/h4-5H,6-8,12H2,1-3H3. The van der Waals surface area contributed by atoms with Gasteiger partial charge >= 0.3 is 0 Å². The molecule has 0 unspecified atom stereocenters. The summed E-state index contributed by atoms with van der Waals surface area (Å²) in [7, 11) is 4.03. The first kappa shape index (κ1) is 11.9. The van der Waals surface area contributed by atoms with Crippen molar-refractivity contribution >= 4 is 0 Å². The van der Waals surface area contributed by atoms with E-state index in [9.17, 15) is 0 Å². The van der Waals surface area contributed by atoms with Crippen molar-refractivity contribution < 1.29 is 4.74 Å². The van der Waals surface area contributed by atoms with E-state index in [0.717, 1.165) is 17.8 Å². The van der Waals surface area contributed by atoms with Crippen LogP contribution in [-0.2, 0) is 6.54 Å². The summed E-state index contributed by atoms with van der Waals surface area (Å²) in [6, 6.07) is 3.83. The van der Waals surface area contributed by atoms with E-state index in [4.69, 9.17) is 10.5 Å². The predicted molar refractivity (Wildman–Crippen MR) is 60.9 cm³/mol. The molecular formula is C11H19N3O. The van der Waals surface area contributed by atoms with Gasteiger partial charge < -0.3 is 15.4 Å². The van der Waals surface area contributed by atoms with Crippen LogP contribution in [0.1, 0.15) is 11.3 Å². The van der Waals surface area contributed by atoms with Crippen LogP contribution >= 0.6 is 0 Å². The highest BCUT2D eigenvalue weighted by Gasteiger charge is 2.01. The number of aryl methyl sites for hydroxylation is 1. The average molecular weight is 209 g/mol. The maximum atomic E-state index is 5.55. The predicted octanol–water partition coefficient (Wildman–Crippen LogP) is 0.789. The summed E-state index contributed by atoms with van der Waals surface area (Å²) in [6.07, 6.45) is 0. The highest BCUT2D eigenvalue weighted by Crippen LogP contribution is 2.11. The van der Waals surface area contributed by atoms with E-state index in [1.807, 2.05) is 33.2 Å². The second-order valence-electron chi connectivity index (χ2n) is 3.75. The lowest BCUT2D eigenvalue weighted by atomic mass is 10.2. The third kappa shape index (κ3) is 3.85. The Hall–Kier alpha value is -1.13. The minimum atomic E-state index is 0.525. The molecule has 0 bridgehead atoms. The minimum absolute atomic E-state index is 0.525. The van der Waals surface area contributed by atoms with Gasteiger partial charge in [-0.2, -0.15) is 0 Å². The molecule has 15 heavy (non-hydrogen) atoms. The molecule has 0 aromatic carbocycles. The topological polar surface area (TPSA) is 51.4 Å². The van der Waals surface area contributed by atoms with Gasteiger partial charge in [-0.05, 0) is 26.6 Å². The molecule has 0 aliphatic heterocycles. The van der Waals surface area contributed by atoms with E-state index in [1.54, 1.807) is 0 Å². The zero-order chi connectivity index (χ0) is 11.3. The van der Waals surface area contributed by atoms with E-state index in [-0.39, 0.29) is 0 Å². The van der Waals surface area contributed by atoms with Gasteiger partial charge in [-0.1, -0.05) is 6.07 Å². The fraction of sp³-hybridized carbons (Fsp3) is 0.545. The van der Waals surface area contributed by atoms with Crippen molar-refractivity contribution in [3.05, 3.63) is 23.4 Å². The molecule has 4 heteroatoms. The van der Waals surface area contributed by atoms with E-state index in [0.29, 0.717) is 19.0 Å². The quantitative estimate of drug-likeness (QED) is 0.779. The normalized spacial score (nSPS) is 10.7. The lowest BCUT2D eigenvalue weighted by molar-refractivity contribution is 0.253. The molecule has 0 atom stereocenters. The van der Waals surface area contributed by atoms with Gasteiger partial charge in [0.1, 0.15) is 6.61 Å². The fourth-order valence-electron chi connectivity index (χ4n) is 1.20. The maximum Gasteiger partial charge on any atom is 0.213 e. The number of nitrogens with zero attached hydrogens (tertiary/aromatic N) is 2. The van der Waals surface area contributed by atoms with Crippen LogP contribution in [0.2, 0.25) is 0 Å². The van der Waals surface area contributed by atoms with Gasteiger partial charge in [0.25, 0.3) is 0 Å². The summed E-state index contributed by atoms with van der Waals surface area (Å²) in [5.74, 6) is 0.673. The van der Waals surface area contributed by atoms with Gasteiger partial charge in [0.05, 0.1) is 0 Å². The van der Waals surface area contributed by atoms with Crippen LogP contribution in [-0.4, -0.2) is 37.1 Å². The molecule has 0 saturated carbocycles. The molecule has 0 saturated heterocycles. The van der Waals surface area contributed by atoms with Gasteiger partial charge in [0.15, 0.2) is 0 Å². The summed E-state index contributed by atoms with van der Waals surface area (Å²) in [4.78, 5) is 6.39. The lowest BCUT2D eigenvalue weighted by Crippen LogP contribution is -2.19. The Morgan fingerprint density at radius 1 is 1.40 bits per heavy atom. The van der Waals surface area contributed by atoms with Crippen molar-refractivity contribution in [1.29, 1.82) is 0 Å². The number of rotatable bonds is 5. The van der Waals surface area contributed by atoms with Crippen molar-refractivity contribution in [2.75, 3.05) is 27.2 Å².